The molecule has 0 saturated carbocycles. The molecule has 3 N–H and O–H groups in total. The average molecular weight is 532 g/mol. The number of nitrogens with one attached hydrogen (secondary N) is 2. The molecule has 0 unspecified atom stereocenters. The van der Waals surface area contributed by atoms with Crippen LogP contribution in [0.1, 0.15) is 29.8 Å². The van der Waals surface area contributed by atoms with Crippen molar-refractivity contribution in [2.75, 3.05) is 25.1 Å². The lowest BCUT2D eigenvalue weighted by molar-refractivity contribution is -0.0813. The first kappa shape index (κ1) is 26.0. The van der Waals surface area contributed by atoms with Gasteiger partial charge in [0, 0.05) is 12.3 Å². The number of nitriles is 1. The van der Waals surface area contributed by atoms with Crippen LogP contribution in [0.5, 0.6) is 5.88 Å². The molecule has 200 valence electrons. The van der Waals surface area contributed by atoms with E-state index < -0.39 is 17.7 Å². The Balaban J connectivity index is 1.45. The molecule has 1 aliphatic rings. The largest absolute Gasteiger partial charge is 0.469 e. The third-order valence-electron chi connectivity index (χ3n) is 6.16. The van der Waals surface area contributed by atoms with Crippen molar-refractivity contribution in [2.24, 2.45) is 0 Å². The second-order valence-electron chi connectivity index (χ2n) is 9.65. The zero-order valence-electron chi connectivity index (χ0n) is 21.3. The van der Waals surface area contributed by atoms with Gasteiger partial charge in [0.1, 0.15) is 18.3 Å². The highest BCUT2D eigenvalue weighted by atomic mass is 19.1. The van der Waals surface area contributed by atoms with Gasteiger partial charge in [-0.1, -0.05) is 0 Å². The van der Waals surface area contributed by atoms with E-state index in [9.17, 15) is 14.3 Å². The number of hydrogen-bond donors (Lipinski definition) is 3. The SMILES string of the molecule is CC(C)(O)[C@H](F)CNC(=O)c1cnc(-c2ccc3cc(C#N)cnn23)cc1Nc1ccc(OC2COC2)nc1. The van der Waals surface area contributed by atoms with Crippen molar-refractivity contribution in [1.29, 1.82) is 5.26 Å². The summed E-state index contributed by atoms with van der Waals surface area (Å²) in [5.74, 6) is -0.122. The Labute approximate surface area is 223 Å². The van der Waals surface area contributed by atoms with Crippen molar-refractivity contribution in [3.05, 3.63) is 66.1 Å². The van der Waals surface area contributed by atoms with Gasteiger partial charge in [-0.05, 0) is 44.2 Å². The number of carbonyl (C=O) groups excluding carboxylic acids is 1. The van der Waals surface area contributed by atoms with E-state index in [-0.39, 0.29) is 18.2 Å². The van der Waals surface area contributed by atoms with E-state index in [1.807, 2.05) is 12.1 Å². The zero-order chi connectivity index (χ0) is 27.6. The maximum Gasteiger partial charge on any atom is 0.255 e. The van der Waals surface area contributed by atoms with Gasteiger partial charge in [0.15, 0.2) is 0 Å². The van der Waals surface area contributed by atoms with Crippen molar-refractivity contribution in [1.82, 2.24) is 24.9 Å². The molecule has 39 heavy (non-hydrogen) atoms. The van der Waals surface area contributed by atoms with Gasteiger partial charge < -0.3 is 25.2 Å². The molecule has 1 amide bonds. The highest BCUT2D eigenvalue weighted by molar-refractivity contribution is 6.00. The fraction of sp³-hybridized carbons (Fsp3) is 0.296. The monoisotopic (exact) mass is 531 g/mol. The topological polar surface area (TPSA) is 147 Å². The number of amides is 1. The summed E-state index contributed by atoms with van der Waals surface area (Å²) in [6, 6.07) is 12.5. The minimum atomic E-state index is -1.67. The molecule has 4 aromatic heterocycles. The number of ether oxygens (including phenoxy) is 2. The van der Waals surface area contributed by atoms with Crippen LogP contribution in [0.25, 0.3) is 16.9 Å². The number of aromatic nitrogens is 4. The van der Waals surface area contributed by atoms with E-state index in [1.165, 1.54) is 26.2 Å². The second kappa shape index (κ2) is 10.6. The summed E-state index contributed by atoms with van der Waals surface area (Å²) < 4.78 is 26.7. The lowest BCUT2D eigenvalue weighted by atomic mass is 10.0. The summed E-state index contributed by atoms with van der Waals surface area (Å²) >= 11 is 0. The number of carbonyl (C=O) groups is 1. The Bertz CT molecular complexity index is 1540. The molecule has 0 bridgehead atoms. The number of alkyl halides is 1. The van der Waals surface area contributed by atoms with E-state index in [0.717, 1.165) is 0 Å². The minimum absolute atomic E-state index is 0.0210. The maximum atomic E-state index is 14.3. The van der Waals surface area contributed by atoms with Crippen LogP contribution in [0.15, 0.2) is 55.0 Å². The molecule has 1 fully saturated rings. The molecular formula is C27H26FN7O4. The predicted molar refractivity (Wildman–Crippen MR) is 139 cm³/mol. The highest BCUT2D eigenvalue weighted by Crippen LogP contribution is 2.28. The van der Waals surface area contributed by atoms with E-state index >= 15 is 0 Å². The number of halogens is 1. The first-order valence-electron chi connectivity index (χ1n) is 12.2. The third kappa shape index (κ3) is 5.79. The standard InChI is InChI=1S/C27H26FN7O4/c1-27(2,37)24(28)13-32-26(36)20-12-30-22(23-5-4-18-7-16(9-29)10-33-35(18)23)8-21(20)34-17-3-6-25(31-11-17)39-19-14-38-15-19/h3-8,10-12,19,24,37H,13-15H2,1-2H3,(H,30,34)(H,32,36)/t24-/m1/s1. The molecule has 4 aromatic rings. The lowest BCUT2D eigenvalue weighted by Gasteiger charge is -2.26. The summed E-state index contributed by atoms with van der Waals surface area (Å²) in [6.07, 6.45) is 2.72. The molecule has 1 saturated heterocycles. The number of fused-ring (bicyclic) bond motifs is 1. The van der Waals surface area contributed by atoms with Gasteiger partial charge in [0.2, 0.25) is 5.88 Å². The molecule has 1 aliphatic heterocycles. The van der Waals surface area contributed by atoms with E-state index in [4.69, 9.17) is 14.7 Å². The van der Waals surface area contributed by atoms with Gasteiger partial charge in [0.25, 0.3) is 5.91 Å². The maximum absolute atomic E-state index is 14.3. The Hall–Kier alpha value is -4.60. The van der Waals surface area contributed by atoms with Crippen LogP contribution in [-0.2, 0) is 4.74 Å². The fourth-order valence-corrected chi connectivity index (χ4v) is 3.79. The Kier molecular flexibility index (Phi) is 7.10. The summed E-state index contributed by atoms with van der Waals surface area (Å²) in [6.45, 7) is 3.33. The van der Waals surface area contributed by atoms with Crippen LogP contribution in [-0.4, -0.2) is 68.2 Å². The summed E-state index contributed by atoms with van der Waals surface area (Å²) in [7, 11) is 0. The molecule has 12 heteroatoms. The number of pyridine rings is 2. The highest BCUT2D eigenvalue weighted by Gasteiger charge is 2.27. The molecule has 0 aromatic carbocycles. The van der Waals surface area contributed by atoms with Crippen molar-refractivity contribution < 1.29 is 23.8 Å². The van der Waals surface area contributed by atoms with E-state index in [0.29, 0.717) is 52.9 Å². The van der Waals surface area contributed by atoms with Crippen molar-refractivity contribution >= 4 is 22.8 Å². The van der Waals surface area contributed by atoms with Crippen LogP contribution < -0.4 is 15.4 Å². The van der Waals surface area contributed by atoms with Crippen LogP contribution in [0.4, 0.5) is 15.8 Å². The lowest BCUT2D eigenvalue weighted by Crippen LogP contribution is -2.42. The van der Waals surface area contributed by atoms with Crippen LogP contribution in [0, 0.1) is 11.3 Å². The van der Waals surface area contributed by atoms with Crippen molar-refractivity contribution in [2.45, 2.75) is 31.7 Å². The number of hydrogen-bond acceptors (Lipinski definition) is 9. The Morgan fingerprint density at radius 3 is 2.74 bits per heavy atom. The molecule has 11 nitrogen and oxygen atoms in total. The van der Waals surface area contributed by atoms with Crippen LogP contribution in [0.2, 0.25) is 0 Å². The zero-order valence-corrected chi connectivity index (χ0v) is 21.3. The molecule has 1 atom stereocenters. The molecular weight excluding hydrogens is 505 g/mol. The molecule has 0 aliphatic carbocycles. The molecule has 0 spiro atoms. The number of aliphatic hydroxyl groups is 1. The minimum Gasteiger partial charge on any atom is -0.469 e. The van der Waals surface area contributed by atoms with Gasteiger partial charge >= 0.3 is 0 Å². The first-order valence-corrected chi connectivity index (χ1v) is 12.2. The number of anilines is 2. The second-order valence-corrected chi connectivity index (χ2v) is 9.65. The van der Waals surface area contributed by atoms with E-state index in [1.54, 1.807) is 35.0 Å². The van der Waals surface area contributed by atoms with E-state index in [2.05, 4.69) is 31.8 Å². The quantitative estimate of drug-likeness (QED) is 0.296. The van der Waals surface area contributed by atoms with Crippen molar-refractivity contribution in [3.63, 3.8) is 0 Å². The van der Waals surface area contributed by atoms with Gasteiger partial charge in [-0.25, -0.2) is 13.9 Å². The van der Waals surface area contributed by atoms with Crippen LogP contribution in [0.3, 0.4) is 0 Å². The number of rotatable bonds is 9. The fourth-order valence-electron chi connectivity index (χ4n) is 3.79. The molecule has 5 heterocycles. The van der Waals surface area contributed by atoms with Crippen LogP contribution >= 0.6 is 0 Å². The summed E-state index contributed by atoms with van der Waals surface area (Å²) in [4.78, 5) is 21.8. The van der Waals surface area contributed by atoms with Crippen molar-refractivity contribution in [3.8, 4) is 23.3 Å². The average Bonchev–Trinajstić information content (AvgIpc) is 3.32. The molecule has 5 rings (SSSR count). The van der Waals surface area contributed by atoms with Gasteiger partial charge in [0.05, 0.1) is 77.2 Å². The Morgan fingerprint density at radius 1 is 1.26 bits per heavy atom. The normalized spacial score (nSPS) is 14.3. The smallest absolute Gasteiger partial charge is 0.255 e. The number of nitrogens with zero attached hydrogens (tertiary/aromatic N) is 5. The Morgan fingerprint density at radius 2 is 2.08 bits per heavy atom. The van der Waals surface area contributed by atoms with Gasteiger partial charge in [-0.2, -0.15) is 10.4 Å². The van der Waals surface area contributed by atoms with Gasteiger partial charge in [-0.15, -0.1) is 0 Å². The molecule has 0 radical (unpaired) electrons. The third-order valence-corrected chi connectivity index (χ3v) is 6.16. The first-order chi connectivity index (χ1) is 18.7. The summed E-state index contributed by atoms with van der Waals surface area (Å²) in [5.41, 5.74) is 1.80. The summed E-state index contributed by atoms with van der Waals surface area (Å²) in [5, 5.41) is 29.1. The predicted octanol–water partition coefficient (Wildman–Crippen LogP) is 3.02. The van der Waals surface area contributed by atoms with Gasteiger partial charge in [-0.3, -0.25) is 9.78 Å².